The first-order chi connectivity index (χ1) is 12.7. The number of nitrogens with one attached hydrogen (secondary N) is 2. The molecule has 1 aliphatic carbocycles. The van der Waals surface area contributed by atoms with Crippen LogP contribution in [0.1, 0.15) is 58.3 Å². The maximum atomic E-state index is 12.6. The Hall–Kier alpha value is -3.22. The number of aromatic amines is 1. The molecule has 0 saturated carbocycles. The van der Waals surface area contributed by atoms with E-state index in [-0.39, 0.29) is 16.8 Å². The Labute approximate surface area is 155 Å². The van der Waals surface area contributed by atoms with E-state index in [1.807, 2.05) is 13.8 Å². The fourth-order valence-corrected chi connectivity index (χ4v) is 3.34. The first-order valence-electron chi connectivity index (χ1n) is 8.56. The number of aromatic nitrogens is 1. The number of carboxylic acids is 1. The van der Waals surface area contributed by atoms with Crippen LogP contribution in [0, 0.1) is 5.41 Å². The Morgan fingerprint density at radius 3 is 2.44 bits per heavy atom. The van der Waals surface area contributed by atoms with Crippen molar-refractivity contribution in [3.63, 3.8) is 0 Å². The molecule has 3 rings (SSSR count). The van der Waals surface area contributed by atoms with Gasteiger partial charge in [-0.15, -0.1) is 0 Å². The van der Waals surface area contributed by atoms with Gasteiger partial charge in [0.05, 0.1) is 0 Å². The van der Waals surface area contributed by atoms with Crippen LogP contribution in [0.2, 0.25) is 0 Å². The summed E-state index contributed by atoms with van der Waals surface area (Å²) in [6.07, 6.45) is 0.835. The summed E-state index contributed by atoms with van der Waals surface area (Å²) in [4.78, 5) is 51.5. The van der Waals surface area contributed by atoms with E-state index in [0.29, 0.717) is 29.7 Å². The van der Waals surface area contributed by atoms with Crippen LogP contribution in [-0.2, 0) is 11.2 Å². The quantitative estimate of drug-likeness (QED) is 0.764. The molecule has 1 aromatic carbocycles. The van der Waals surface area contributed by atoms with Gasteiger partial charge in [0.25, 0.3) is 11.5 Å². The summed E-state index contributed by atoms with van der Waals surface area (Å²) in [7, 11) is 0. The Kier molecular flexibility index (Phi) is 4.70. The van der Waals surface area contributed by atoms with Crippen molar-refractivity contribution in [2.75, 3.05) is 0 Å². The molecular weight excluding hydrogens is 348 g/mol. The van der Waals surface area contributed by atoms with Gasteiger partial charge in [-0.1, -0.05) is 44.2 Å². The average Bonchev–Trinajstić information content (AvgIpc) is 2.58. The van der Waals surface area contributed by atoms with E-state index in [4.69, 9.17) is 0 Å². The predicted octanol–water partition coefficient (Wildman–Crippen LogP) is 2.09. The van der Waals surface area contributed by atoms with E-state index in [1.54, 1.807) is 30.3 Å². The van der Waals surface area contributed by atoms with Crippen molar-refractivity contribution in [2.45, 2.75) is 32.7 Å². The molecule has 7 nitrogen and oxygen atoms in total. The summed E-state index contributed by atoms with van der Waals surface area (Å²) < 4.78 is 0. The maximum Gasteiger partial charge on any atom is 0.330 e. The van der Waals surface area contributed by atoms with E-state index in [2.05, 4.69) is 10.3 Å². The highest BCUT2D eigenvalue weighted by atomic mass is 16.4. The Morgan fingerprint density at radius 2 is 1.81 bits per heavy atom. The molecule has 1 aromatic heterocycles. The topological polar surface area (TPSA) is 116 Å². The van der Waals surface area contributed by atoms with Crippen LogP contribution in [0.15, 0.2) is 41.2 Å². The second-order valence-corrected chi connectivity index (χ2v) is 7.50. The smallest absolute Gasteiger partial charge is 0.330 e. The zero-order chi connectivity index (χ0) is 19.8. The second kappa shape index (κ2) is 6.83. The molecule has 7 heteroatoms. The molecule has 1 heterocycles. The minimum Gasteiger partial charge on any atom is -0.479 e. The molecule has 0 spiro atoms. The zero-order valence-electron chi connectivity index (χ0n) is 15.0. The molecule has 140 valence electrons. The van der Waals surface area contributed by atoms with Crippen LogP contribution < -0.4 is 10.9 Å². The number of benzene rings is 1. The van der Waals surface area contributed by atoms with Gasteiger partial charge in [-0.05, 0) is 23.5 Å². The van der Waals surface area contributed by atoms with Crippen LogP contribution in [0.25, 0.3) is 0 Å². The molecule has 0 fully saturated rings. The second-order valence-electron chi connectivity index (χ2n) is 7.50. The van der Waals surface area contributed by atoms with E-state index in [1.165, 1.54) is 6.07 Å². The van der Waals surface area contributed by atoms with Crippen molar-refractivity contribution < 1.29 is 19.5 Å². The number of carbonyl (C=O) groups excluding carboxylic acids is 2. The number of H-pyrrole nitrogens is 1. The molecule has 1 atom stereocenters. The van der Waals surface area contributed by atoms with Crippen LogP contribution in [0.3, 0.4) is 0 Å². The van der Waals surface area contributed by atoms with Gasteiger partial charge in [0, 0.05) is 17.7 Å². The Morgan fingerprint density at radius 1 is 1.15 bits per heavy atom. The molecule has 1 amide bonds. The molecule has 1 unspecified atom stereocenters. The van der Waals surface area contributed by atoms with E-state index in [0.717, 1.165) is 0 Å². The lowest BCUT2D eigenvalue weighted by Gasteiger charge is -2.29. The molecule has 0 aliphatic heterocycles. The predicted molar refractivity (Wildman–Crippen MR) is 97.8 cm³/mol. The van der Waals surface area contributed by atoms with Gasteiger partial charge in [0.1, 0.15) is 5.56 Å². The third-order valence-corrected chi connectivity index (χ3v) is 4.62. The molecule has 3 N–H and O–H groups in total. The number of rotatable bonds is 4. The van der Waals surface area contributed by atoms with Crippen molar-refractivity contribution >= 4 is 17.7 Å². The third kappa shape index (κ3) is 3.81. The summed E-state index contributed by atoms with van der Waals surface area (Å²) in [5, 5.41) is 11.8. The Bertz CT molecular complexity index is 976. The van der Waals surface area contributed by atoms with Crippen molar-refractivity contribution in [1.29, 1.82) is 0 Å². The van der Waals surface area contributed by atoms with Crippen LogP contribution in [0.4, 0.5) is 0 Å². The van der Waals surface area contributed by atoms with Crippen LogP contribution in [-0.4, -0.2) is 27.8 Å². The normalized spacial score (nSPS) is 16.3. The van der Waals surface area contributed by atoms with Crippen molar-refractivity contribution in [3.05, 3.63) is 69.1 Å². The van der Waals surface area contributed by atoms with Crippen LogP contribution in [0.5, 0.6) is 0 Å². The van der Waals surface area contributed by atoms with Gasteiger partial charge < -0.3 is 15.4 Å². The molecule has 0 radical (unpaired) electrons. The number of carboxylic acid groups (broad SMARTS) is 1. The minimum absolute atomic E-state index is 0.149. The van der Waals surface area contributed by atoms with E-state index < -0.39 is 23.5 Å². The number of ketones is 1. The lowest BCUT2D eigenvalue weighted by atomic mass is 9.75. The highest BCUT2D eigenvalue weighted by Crippen LogP contribution is 2.33. The molecule has 0 saturated heterocycles. The maximum absolute atomic E-state index is 12.6. The Balaban J connectivity index is 1.94. The van der Waals surface area contributed by atoms with Crippen molar-refractivity contribution in [2.24, 2.45) is 5.41 Å². The summed E-state index contributed by atoms with van der Waals surface area (Å²) in [5.41, 5.74) is 0.0169. The van der Waals surface area contributed by atoms with Crippen LogP contribution >= 0.6 is 0 Å². The average molecular weight is 368 g/mol. The van der Waals surface area contributed by atoms with Gasteiger partial charge in [-0.3, -0.25) is 14.4 Å². The minimum atomic E-state index is -1.30. The van der Waals surface area contributed by atoms with Crippen molar-refractivity contribution in [3.8, 4) is 0 Å². The van der Waals surface area contributed by atoms with Gasteiger partial charge in [-0.2, -0.15) is 0 Å². The summed E-state index contributed by atoms with van der Waals surface area (Å²) >= 11 is 0. The lowest BCUT2D eigenvalue weighted by molar-refractivity contribution is -0.139. The molecule has 0 bridgehead atoms. The van der Waals surface area contributed by atoms with Gasteiger partial charge in [0.15, 0.2) is 11.8 Å². The first-order valence-corrected chi connectivity index (χ1v) is 8.56. The fraction of sp³-hybridized carbons (Fsp3) is 0.300. The van der Waals surface area contributed by atoms with Crippen molar-refractivity contribution in [1.82, 2.24) is 10.3 Å². The van der Waals surface area contributed by atoms with E-state index in [9.17, 15) is 24.3 Å². The zero-order valence-corrected chi connectivity index (χ0v) is 15.0. The molecule has 27 heavy (non-hydrogen) atoms. The highest BCUT2D eigenvalue weighted by molar-refractivity contribution is 6.02. The van der Waals surface area contributed by atoms with Gasteiger partial charge >= 0.3 is 5.97 Å². The number of Topliss-reactive ketones (excluding diaryl/α,β-unsaturated/α-hetero) is 1. The summed E-state index contributed by atoms with van der Waals surface area (Å²) in [6.45, 7) is 3.87. The fourth-order valence-electron chi connectivity index (χ4n) is 3.34. The van der Waals surface area contributed by atoms with E-state index >= 15 is 0 Å². The third-order valence-electron chi connectivity index (χ3n) is 4.62. The summed E-state index contributed by atoms with van der Waals surface area (Å²) in [5.74, 6) is -2.24. The SMILES string of the molecule is CC1(C)CC(=O)c2cc(C(=O)NC(C(=O)O)c3ccccc3)c(=O)[nH]c2C1. The standard InChI is InChI=1S/C20H20N2O5/c1-20(2)9-14-12(15(23)10-20)8-13(17(24)21-14)18(25)22-16(19(26)27)11-6-4-3-5-7-11/h3-8,16H,9-10H2,1-2H3,(H,21,24)(H,22,25)(H,26,27). The molecule has 2 aromatic rings. The largest absolute Gasteiger partial charge is 0.479 e. The van der Waals surface area contributed by atoms with Gasteiger partial charge in [-0.25, -0.2) is 4.79 Å². The highest BCUT2D eigenvalue weighted by Gasteiger charge is 2.33. The van der Waals surface area contributed by atoms with Gasteiger partial charge in [0.2, 0.25) is 0 Å². The number of hydrogen-bond acceptors (Lipinski definition) is 4. The number of carbonyl (C=O) groups is 3. The monoisotopic (exact) mass is 368 g/mol. The number of hydrogen-bond donors (Lipinski definition) is 3. The lowest BCUT2D eigenvalue weighted by Crippen LogP contribution is -2.38. The number of fused-ring (bicyclic) bond motifs is 1. The number of aliphatic carboxylic acids is 1. The number of amides is 1. The molecular formula is C20H20N2O5. The first kappa shape index (κ1) is 18.6. The molecule has 1 aliphatic rings. The number of pyridine rings is 1. The summed E-state index contributed by atoms with van der Waals surface area (Å²) in [6, 6.07) is 8.15.